The number of carbonyl (C=O) groups is 2. The molecule has 1 atom stereocenters. The minimum atomic E-state index is -4.68. The van der Waals surface area contributed by atoms with Gasteiger partial charge in [0.25, 0.3) is 5.91 Å². The van der Waals surface area contributed by atoms with Gasteiger partial charge in [-0.05, 0) is 24.3 Å². The minimum absolute atomic E-state index is 0.0941. The third kappa shape index (κ3) is 5.57. The molecule has 0 radical (unpaired) electrons. The number of carbonyl (C=O) groups excluding carboxylic acids is 2. The molecule has 0 saturated heterocycles. The zero-order chi connectivity index (χ0) is 25.3. The molecule has 1 aromatic carbocycles. The Kier molecular flexibility index (Phi) is 7.00. The van der Waals surface area contributed by atoms with E-state index in [0.29, 0.717) is 29.0 Å². The number of pyridine rings is 1. The quantitative estimate of drug-likeness (QED) is 0.418. The number of benzene rings is 1. The summed E-state index contributed by atoms with van der Waals surface area (Å²) in [7, 11) is 1.96. The second-order valence-electron chi connectivity index (χ2n) is 8.04. The number of likely N-dealkylation sites (N-methyl/N-ethyl adjacent to an activating group) is 1. The van der Waals surface area contributed by atoms with E-state index in [2.05, 4.69) is 20.2 Å². The molecular weight excluding hydrogens is 505 g/mol. The van der Waals surface area contributed by atoms with Crippen molar-refractivity contribution in [1.29, 1.82) is 0 Å². The molecule has 1 N–H and O–H groups in total. The molecule has 0 unspecified atom stereocenters. The maximum Gasteiger partial charge on any atom is 0.418 e. The first-order valence-corrected chi connectivity index (χ1v) is 11.7. The highest BCUT2D eigenvalue weighted by molar-refractivity contribution is 7.13. The number of fused-ring (bicyclic) bond motifs is 1. The number of hydrogen-bond donors (Lipinski definition) is 1. The smallest absolute Gasteiger partial charge is 0.418 e. The van der Waals surface area contributed by atoms with Gasteiger partial charge in [-0.15, -0.1) is 11.3 Å². The molecule has 0 spiro atoms. The molecule has 12 heteroatoms. The van der Waals surface area contributed by atoms with E-state index in [1.807, 2.05) is 20.0 Å². The highest BCUT2D eigenvalue weighted by Gasteiger charge is 2.34. The lowest BCUT2D eigenvalue weighted by Gasteiger charge is -2.27. The van der Waals surface area contributed by atoms with Gasteiger partial charge in [0, 0.05) is 31.1 Å². The van der Waals surface area contributed by atoms with Gasteiger partial charge in [0.2, 0.25) is 0 Å². The lowest BCUT2D eigenvalue weighted by molar-refractivity contribution is -0.137. The van der Waals surface area contributed by atoms with Crippen molar-refractivity contribution in [3.8, 4) is 5.75 Å². The monoisotopic (exact) mass is 524 g/mol. The van der Waals surface area contributed by atoms with E-state index in [9.17, 15) is 22.8 Å². The summed E-state index contributed by atoms with van der Waals surface area (Å²) in [5, 5.41) is 2.32. The van der Waals surface area contributed by atoms with Gasteiger partial charge in [0.05, 0.1) is 34.0 Å². The van der Waals surface area contributed by atoms with Crippen LogP contribution >= 0.6 is 22.9 Å². The summed E-state index contributed by atoms with van der Waals surface area (Å²) < 4.78 is 44.8. The van der Waals surface area contributed by atoms with Gasteiger partial charge in [-0.1, -0.05) is 18.5 Å². The summed E-state index contributed by atoms with van der Waals surface area (Å²) in [6.45, 7) is 3.14. The molecule has 3 aromatic rings. The molecule has 7 nitrogen and oxygen atoms in total. The van der Waals surface area contributed by atoms with Gasteiger partial charge >= 0.3 is 6.18 Å². The predicted molar refractivity (Wildman–Crippen MR) is 127 cm³/mol. The van der Waals surface area contributed by atoms with Crippen LogP contribution in [0.2, 0.25) is 5.02 Å². The number of nitrogens with zero attached hydrogens (tertiary/aromatic N) is 3. The maximum atomic E-state index is 13.0. The number of aromatic nitrogens is 2. The van der Waals surface area contributed by atoms with E-state index in [1.165, 1.54) is 6.20 Å². The first-order chi connectivity index (χ1) is 16.5. The van der Waals surface area contributed by atoms with E-state index in [-0.39, 0.29) is 28.8 Å². The van der Waals surface area contributed by atoms with E-state index in [4.69, 9.17) is 16.3 Å². The van der Waals surface area contributed by atoms with Gasteiger partial charge in [-0.2, -0.15) is 13.2 Å². The Morgan fingerprint density at radius 1 is 1.26 bits per heavy atom. The lowest BCUT2D eigenvalue weighted by Crippen LogP contribution is -2.28. The normalized spacial score (nSPS) is 14.2. The Bertz CT molecular complexity index is 1280. The third-order valence-corrected chi connectivity index (χ3v) is 6.97. The zero-order valence-corrected chi connectivity index (χ0v) is 20.2. The molecule has 0 fully saturated rings. The maximum absolute atomic E-state index is 13.0. The molecule has 0 bridgehead atoms. The topological polar surface area (TPSA) is 84.4 Å². The summed E-state index contributed by atoms with van der Waals surface area (Å²) >= 11 is 6.62. The summed E-state index contributed by atoms with van der Waals surface area (Å²) in [5.74, 6) is -0.658. The first-order valence-electron chi connectivity index (χ1n) is 10.5. The first kappa shape index (κ1) is 24.9. The van der Waals surface area contributed by atoms with Gasteiger partial charge in [-0.25, -0.2) is 9.97 Å². The van der Waals surface area contributed by atoms with Crippen LogP contribution in [0.25, 0.3) is 0 Å². The molecule has 0 saturated carbocycles. The molecule has 35 heavy (non-hydrogen) atoms. The fraction of sp³-hybridized carbons (Fsp3) is 0.304. The fourth-order valence-electron chi connectivity index (χ4n) is 3.54. The second kappa shape index (κ2) is 9.82. The third-order valence-electron chi connectivity index (χ3n) is 5.44. The van der Waals surface area contributed by atoms with Crippen molar-refractivity contribution in [3.05, 3.63) is 62.7 Å². The summed E-state index contributed by atoms with van der Waals surface area (Å²) in [4.78, 5) is 35.6. The number of ether oxygens (including phenoxy) is 1. The van der Waals surface area contributed by atoms with Crippen LogP contribution in [0.4, 0.5) is 24.7 Å². The molecule has 1 aliphatic heterocycles. The molecule has 0 aliphatic carbocycles. The summed E-state index contributed by atoms with van der Waals surface area (Å²) in [5.41, 5.74) is 0.351. The largest absolute Gasteiger partial charge is 0.490 e. The highest BCUT2D eigenvalue weighted by Crippen LogP contribution is 2.36. The van der Waals surface area contributed by atoms with Crippen molar-refractivity contribution in [2.75, 3.05) is 30.4 Å². The average Bonchev–Trinajstić information content (AvgIpc) is 3.30. The number of nitrogens with one attached hydrogen (secondary N) is 1. The van der Waals surface area contributed by atoms with Gasteiger partial charge in [-0.3, -0.25) is 9.59 Å². The molecule has 1 aliphatic rings. The van der Waals surface area contributed by atoms with Gasteiger partial charge in [0.1, 0.15) is 23.1 Å². The standard InChI is InChI=1S/C23H20ClF3N4O3S/c1-12(7-17(32)13-3-4-16-18(8-13)34-6-5-31(16)2)22-29-11-19(35-22)21(33)30-20-9-14(23(25,26)27)15(24)10-28-20/h3-4,8-12H,5-7H2,1-2H3,(H,28,30,33)/t12-/m0/s1. The predicted octanol–water partition coefficient (Wildman–Crippen LogP) is 5.67. The fourth-order valence-corrected chi connectivity index (χ4v) is 4.61. The Morgan fingerprint density at radius 3 is 2.77 bits per heavy atom. The molecule has 3 heterocycles. The number of halogens is 4. The Morgan fingerprint density at radius 2 is 2.03 bits per heavy atom. The summed E-state index contributed by atoms with van der Waals surface area (Å²) in [6, 6.07) is 6.01. The van der Waals surface area contributed by atoms with Crippen molar-refractivity contribution in [2.45, 2.75) is 25.4 Å². The molecule has 1 amide bonds. The van der Waals surface area contributed by atoms with Crippen LogP contribution in [0.15, 0.2) is 36.7 Å². The highest BCUT2D eigenvalue weighted by atomic mass is 35.5. The Balaban J connectivity index is 1.42. The van der Waals surface area contributed by atoms with Crippen LogP contribution < -0.4 is 15.0 Å². The van der Waals surface area contributed by atoms with Crippen LogP contribution in [0.1, 0.15) is 49.9 Å². The second-order valence-corrected chi connectivity index (χ2v) is 9.51. The number of hydrogen-bond acceptors (Lipinski definition) is 7. The van der Waals surface area contributed by atoms with Crippen molar-refractivity contribution in [1.82, 2.24) is 9.97 Å². The van der Waals surface area contributed by atoms with Crippen LogP contribution in [0.5, 0.6) is 5.75 Å². The number of anilines is 2. The van der Waals surface area contributed by atoms with Crippen LogP contribution in [0.3, 0.4) is 0 Å². The molecular formula is C23H20ClF3N4O3S. The average molecular weight is 525 g/mol. The number of amides is 1. The number of rotatable bonds is 6. The Hall–Kier alpha value is -3.18. The number of Topliss-reactive ketones (excluding diaryl/α,β-unsaturated/α-hetero) is 1. The minimum Gasteiger partial charge on any atom is -0.490 e. The van der Waals surface area contributed by atoms with Gasteiger partial charge in [0.15, 0.2) is 5.78 Å². The Labute approximate surface area is 207 Å². The number of alkyl halides is 3. The molecule has 184 valence electrons. The van der Waals surface area contributed by atoms with Gasteiger partial charge < -0.3 is 15.0 Å². The SMILES string of the molecule is C[C@@H](CC(=O)c1ccc2c(c1)OCCN2C)c1ncc(C(=O)Nc2cc(C(F)(F)F)c(Cl)cn2)s1. The summed E-state index contributed by atoms with van der Waals surface area (Å²) in [6.07, 6.45) is -2.37. The van der Waals surface area contributed by atoms with E-state index in [1.54, 1.807) is 12.1 Å². The molecule has 2 aromatic heterocycles. The van der Waals surface area contributed by atoms with Crippen LogP contribution in [-0.2, 0) is 6.18 Å². The van der Waals surface area contributed by atoms with Crippen LogP contribution in [0, 0.1) is 0 Å². The van der Waals surface area contributed by atoms with Crippen molar-refractivity contribution in [2.24, 2.45) is 0 Å². The van der Waals surface area contributed by atoms with Crippen LogP contribution in [-0.4, -0.2) is 41.9 Å². The van der Waals surface area contributed by atoms with Crippen molar-refractivity contribution < 1.29 is 27.5 Å². The number of thiazole rings is 1. The van der Waals surface area contributed by atoms with E-state index >= 15 is 0 Å². The molecule has 4 rings (SSSR count). The number of ketones is 1. The lowest BCUT2D eigenvalue weighted by atomic mass is 9.99. The van der Waals surface area contributed by atoms with E-state index < -0.39 is 22.7 Å². The van der Waals surface area contributed by atoms with Crippen molar-refractivity contribution >= 4 is 46.1 Å². The van der Waals surface area contributed by atoms with E-state index in [0.717, 1.165) is 29.8 Å². The van der Waals surface area contributed by atoms with Crippen molar-refractivity contribution in [3.63, 3.8) is 0 Å². The zero-order valence-electron chi connectivity index (χ0n) is 18.6.